The van der Waals surface area contributed by atoms with Gasteiger partial charge in [0.2, 0.25) is 11.8 Å². The van der Waals surface area contributed by atoms with E-state index >= 15 is 0 Å². The first-order chi connectivity index (χ1) is 31.5. The van der Waals surface area contributed by atoms with Crippen molar-refractivity contribution in [3.63, 3.8) is 0 Å². The molecule has 6 bridgehead atoms. The highest BCUT2D eigenvalue weighted by Gasteiger charge is 2.40. The molecule has 4 aromatic rings. The third-order valence-corrected chi connectivity index (χ3v) is 14.0. The molecular weight excluding hydrogens is 859 g/mol. The maximum absolute atomic E-state index is 14.6. The van der Waals surface area contributed by atoms with Crippen molar-refractivity contribution in [1.82, 2.24) is 45.0 Å². The number of hydrogen-bond donors (Lipinski definition) is 2. The molecule has 0 aliphatic carbocycles. The molecule has 3 aliphatic rings. The second-order valence-corrected chi connectivity index (χ2v) is 19.8. The minimum absolute atomic E-state index is 0.0708. The number of rotatable bonds is 9. The molecule has 0 radical (unpaired) electrons. The Hall–Kier alpha value is -5.65. The number of amides is 5. The fourth-order valence-corrected chi connectivity index (χ4v) is 10.5. The van der Waals surface area contributed by atoms with Gasteiger partial charge in [0.25, 0.3) is 5.91 Å². The van der Waals surface area contributed by atoms with Crippen molar-refractivity contribution in [3.05, 3.63) is 70.8 Å². The summed E-state index contributed by atoms with van der Waals surface area (Å²) in [6.45, 7) is 19.6. The smallest absolute Gasteiger partial charge is 0.324 e. The van der Waals surface area contributed by atoms with E-state index < -0.39 is 41.3 Å². The van der Waals surface area contributed by atoms with Gasteiger partial charge < -0.3 is 34.1 Å². The van der Waals surface area contributed by atoms with Gasteiger partial charge in [0.1, 0.15) is 18.1 Å². The Bertz CT molecular complexity index is 2480. The molecule has 2 N–H and O–H groups in total. The summed E-state index contributed by atoms with van der Waals surface area (Å²) >= 11 is 1.40. The number of benzene rings is 1. The SMILES string of the molecule is C=CC(=O)N1CCN(C(=O)N(C)C(C(=O)N[C@H]2Cc3nc(cs3)-c3ccc4c(c3)c(c(-c3cccnc3[C@H](C)OC)n4CC)CC(C)(C)COC(=O)[C@@H]3CCCN(N3)C2=O)C(C)C)C[C@@H]1C. The average molecular weight is 924 g/mol. The number of nitrogens with one attached hydrogen (secondary N) is 2. The summed E-state index contributed by atoms with van der Waals surface area (Å²) in [5.74, 6) is -1.90. The highest BCUT2D eigenvalue weighted by Crippen LogP contribution is 2.42. The largest absolute Gasteiger partial charge is 0.464 e. The van der Waals surface area contributed by atoms with Crippen LogP contribution in [0.15, 0.2) is 54.6 Å². The van der Waals surface area contributed by atoms with Crippen molar-refractivity contribution < 1.29 is 33.4 Å². The van der Waals surface area contributed by atoms with Crippen LogP contribution in [0.2, 0.25) is 0 Å². The van der Waals surface area contributed by atoms with Crippen LogP contribution in [0.4, 0.5) is 4.79 Å². The van der Waals surface area contributed by atoms with Crippen LogP contribution in [0, 0.1) is 11.3 Å². The van der Waals surface area contributed by atoms with Crippen molar-refractivity contribution in [3.8, 4) is 22.5 Å². The van der Waals surface area contributed by atoms with Gasteiger partial charge in [-0.05, 0) is 81.9 Å². The van der Waals surface area contributed by atoms with Crippen molar-refractivity contribution in [2.24, 2.45) is 11.3 Å². The Morgan fingerprint density at radius 1 is 1.15 bits per heavy atom. The molecule has 3 aliphatic heterocycles. The number of piperazine rings is 1. The van der Waals surface area contributed by atoms with Crippen LogP contribution in [-0.4, -0.2) is 135 Å². The van der Waals surface area contributed by atoms with Gasteiger partial charge >= 0.3 is 12.0 Å². The number of nitrogens with zero attached hydrogens (tertiary/aromatic N) is 7. The standard InChI is InChI=1S/C49H65N9O7S/c1-11-41(59)57-22-21-55(26-30(57)5)48(63)54(9)43(29(3)4)45(60)52-37-24-40-51-38(27-66-40)32-17-18-39-34(23-32)35(44(56(39)12-2)33-15-13-19-50-42(33)31(6)64-10)25-49(7,8)28-65-47(62)36-16-14-20-58(53-36)46(37)61/h11,13,15,17-19,23,27,29-31,36-37,43,53H,1,12,14,16,20-22,24-26,28H2,2-10H3,(H,52,60)/t30-,31-,36-,37-,43?/m0/s1. The molecular formula is C49H65N9O7S. The molecule has 0 spiro atoms. The second kappa shape index (κ2) is 20.1. The number of methoxy groups -OCH3 is 1. The zero-order valence-electron chi connectivity index (χ0n) is 39.8. The fourth-order valence-electron chi connectivity index (χ4n) is 9.66. The Morgan fingerprint density at radius 3 is 2.62 bits per heavy atom. The molecule has 2 saturated heterocycles. The first-order valence-corrected chi connectivity index (χ1v) is 23.9. The number of aryl methyl sites for hydroxylation is 1. The summed E-state index contributed by atoms with van der Waals surface area (Å²) in [7, 11) is 3.28. The number of carbonyl (C=O) groups is 5. The molecule has 1 aromatic carbocycles. The first kappa shape index (κ1) is 48.3. The van der Waals surface area contributed by atoms with E-state index in [0.717, 1.165) is 44.7 Å². The minimum Gasteiger partial charge on any atom is -0.464 e. The Kier molecular flexibility index (Phi) is 14.7. The molecule has 6 heterocycles. The Balaban J connectivity index is 1.25. The molecule has 3 aromatic heterocycles. The molecule has 66 heavy (non-hydrogen) atoms. The van der Waals surface area contributed by atoms with Crippen molar-refractivity contribution in [2.45, 2.75) is 111 Å². The quantitative estimate of drug-likeness (QED) is 0.150. The number of esters is 1. The van der Waals surface area contributed by atoms with Crippen LogP contribution in [-0.2, 0) is 48.0 Å². The summed E-state index contributed by atoms with van der Waals surface area (Å²) in [5, 5.41) is 8.09. The predicted molar refractivity (Wildman–Crippen MR) is 254 cm³/mol. The molecule has 17 heteroatoms. The molecule has 5 amide bonds. The summed E-state index contributed by atoms with van der Waals surface area (Å²) in [6.07, 6.45) is 4.45. The van der Waals surface area contributed by atoms with E-state index in [0.29, 0.717) is 57.0 Å². The molecule has 5 atom stereocenters. The van der Waals surface area contributed by atoms with Gasteiger partial charge in [0, 0.05) is 98.4 Å². The van der Waals surface area contributed by atoms with E-state index in [9.17, 15) is 24.0 Å². The lowest BCUT2D eigenvalue weighted by molar-refractivity contribution is -0.155. The van der Waals surface area contributed by atoms with Crippen LogP contribution in [0.1, 0.15) is 83.7 Å². The Morgan fingerprint density at radius 2 is 1.92 bits per heavy atom. The van der Waals surface area contributed by atoms with Crippen LogP contribution in [0.5, 0.6) is 0 Å². The van der Waals surface area contributed by atoms with E-state index in [1.54, 1.807) is 30.2 Å². The summed E-state index contributed by atoms with van der Waals surface area (Å²) in [4.78, 5) is 84.1. The van der Waals surface area contributed by atoms with Crippen LogP contribution >= 0.6 is 11.3 Å². The van der Waals surface area contributed by atoms with E-state index in [4.69, 9.17) is 19.4 Å². The van der Waals surface area contributed by atoms with Gasteiger partial charge in [0.15, 0.2) is 0 Å². The number of fused-ring (bicyclic) bond motifs is 6. The number of thiazole rings is 1. The fraction of sp³-hybridized carbons (Fsp3) is 0.531. The lowest BCUT2D eigenvalue weighted by atomic mass is 9.84. The minimum atomic E-state index is -1.09. The number of urea groups is 1. The number of pyridine rings is 1. The number of cyclic esters (lactones) is 1. The van der Waals surface area contributed by atoms with Gasteiger partial charge in [-0.25, -0.2) is 15.2 Å². The van der Waals surface area contributed by atoms with Gasteiger partial charge in [-0.2, -0.15) is 0 Å². The topological polar surface area (TPSA) is 172 Å². The van der Waals surface area contributed by atoms with Gasteiger partial charge in [-0.1, -0.05) is 40.3 Å². The van der Waals surface area contributed by atoms with Crippen LogP contribution in [0.3, 0.4) is 0 Å². The lowest BCUT2D eigenvalue weighted by Crippen LogP contribution is -2.63. The lowest BCUT2D eigenvalue weighted by Gasteiger charge is -2.42. The molecule has 7 rings (SSSR count). The average Bonchev–Trinajstić information content (AvgIpc) is 3.90. The number of likely N-dealkylation sites (N-methyl/N-ethyl adjacent to an activating group) is 1. The van der Waals surface area contributed by atoms with E-state index in [-0.39, 0.29) is 43.0 Å². The zero-order valence-corrected chi connectivity index (χ0v) is 40.6. The van der Waals surface area contributed by atoms with Gasteiger partial charge in [-0.15, -0.1) is 11.3 Å². The predicted octanol–water partition coefficient (Wildman–Crippen LogP) is 6.00. The summed E-state index contributed by atoms with van der Waals surface area (Å²) in [6, 6.07) is 6.99. The first-order valence-electron chi connectivity index (χ1n) is 23.0. The van der Waals surface area contributed by atoms with Gasteiger partial charge in [0.05, 0.1) is 34.8 Å². The van der Waals surface area contributed by atoms with Crippen molar-refractivity contribution in [2.75, 3.05) is 46.9 Å². The van der Waals surface area contributed by atoms with E-state index in [1.807, 2.05) is 39.1 Å². The van der Waals surface area contributed by atoms with E-state index in [1.165, 1.54) is 27.3 Å². The summed E-state index contributed by atoms with van der Waals surface area (Å²) < 4.78 is 14.2. The number of hydrogen-bond acceptors (Lipinski definition) is 11. The molecule has 16 nitrogen and oxygen atoms in total. The third kappa shape index (κ3) is 9.88. The highest BCUT2D eigenvalue weighted by atomic mass is 32.1. The Labute approximate surface area is 391 Å². The van der Waals surface area contributed by atoms with Crippen molar-refractivity contribution in [1.29, 1.82) is 0 Å². The third-order valence-electron chi connectivity index (χ3n) is 13.1. The molecule has 2 fully saturated rings. The summed E-state index contributed by atoms with van der Waals surface area (Å²) in [5.41, 5.74) is 9.25. The van der Waals surface area contributed by atoms with Crippen LogP contribution < -0.4 is 10.7 Å². The zero-order chi connectivity index (χ0) is 47.6. The molecule has 354 valence electrons. The van der Waals surface area contributed by atoms with Crippen LogP contribution in [0.25, 0.3) is 33.4 Å². The van der Waals surface area contributed by atoms with E-state index in [2.05, 4.69) is 66.9 Å². The molecule has 1 unspecified atom stereocenters. The number of carbonyl (C=O) groups excluding carboxylic acids is 5. The second-order valence-electron chi connectivity index (χ2n) is 18.9. The maximum Gasteiger partial charge on any atom is 0.324 e. The number of ether oxygens (including phenoxy) is 2. The normalized spacial score (nSPS) is 21.2. The number of aromatic nitrogens is 3. The number of hydrazine groups is 1. The van der Waals surface area contributed by atoms with Gasteiger partial charge in [-0.3, -0.25) is 29.2 Å². The monoisotopic (exact) mass is 923 g/mol. The maximum atomic E-state index is 14.6. The highest BCUT2D eigenvalue weighted by molar-refractivity contribution is 7.10. The van der Waals surface area contributed by atoms with Crippen molar-refractivity contribution >= 4 is 52.0 Å². The molecule has 0 saturated carbocycles.